The van der Waals surface area contributed by atoms with Gasteiger partial charge in [-0.2, -0.15) is 0 Å². The molecule has 0 radical (unpaired) electrons. The summed E-state index contributed by atoms with van der Waals surface area (Å²) in [5, 5.41) is 0.504. The van der Waals surface area contributed by atoms with Crippen molar-refractivity contribution < 1.29 is 4.74 Å². The summed E-state index contributed by atoms with van der Waals surface area (Å²) >= 11 is 6.03. The summed E-state index contributed by atoms with van der Waals surface area (Å²) in [6.07, 6.45) is 4.27. The van der Waals surface area contributed by atoms with E-state index < -0.39 is 0 Å². The van der Waals surface area contributed by atoms with Crippen LogP contribution < -0.4 is 4.74 Å². The molecule has 1 aromatic rings. The fourth-order valence-electron chi connectivity index (χ4n) is 1.51. The number of aromatic nitrogens is 2. The van der Waals surface area contributed by atoms with Crippen LogP contribution in [-0.2, 0) is 6.42 Å². The molecule has 4 nitrogen and oxygen atoms in total. The van der Waals surface area contributed by atoms with Gasteiger partial charge in [0.15, 0.2) is 0 Å². The minimum Gasteiger partial charge on any atom is -0.477 e. The zero-order chi connectivity index (χ0) is 12.7. The van der Waals surface area contributed by atoms with Crippen molar-refractivity contribution in [1.29, 1.82) is 0 Å². The van der Waals surface area contributed by atoms with Crippen LogP contribution in [0.25, 0.3) is 0 Å². The zero-order valence-corrected chi connectivity index (χ0v) is 11.5. The molecule has 0 aromatic carbocycles. The Morgan fingerprint density at radius 1 is 1.35 bits per heavy atom. The normalized spacial score (nSPS) is 10.9. The van der Waals surface area contributed by atoms with Crippen LogP contribution in [0.1, 0.15) is 25.3 Å². The van der Waals surface area contributed by atoms with Crippen LogP contribution in [0.3, 0.4) is 0 Å². The first-order valence-electron chi connectivity index (χ1n) is 5.92. The van der Waals surface area contributed by atoms with Gasteiger partial charge in [-0.3, -0.25) is 0 Å². The number of hydrogen-bond donors (Lipinski definition) is 0. The highest BCUT2D eigenvalue weighted by molar-refractivity contribution is 6.30. The fraction of sp³-hybridized carbons (Fsp3) is 0.667. The Morgan fingerprint density at radius 2 is 2.12 bits per heavy atom. The summed E-state index contributed by atoms with van der Waals surface area (Å²) in [5.41, 5.74) is 0.918. The van der Waals surface area contributed by atoms with E-state index in [2.05, 4.69) is 21.8 Å². The first-order valence-corrected chi connectivity index (χ1v) is 6.29. The van der Waals surface area contributed by atoms with E-state index in [1.165, 1.54) is 6.33 Å². The summed E-state index contributed by atoms with van der Waals surface area (Å²) in [7, 11) is 4.09. The molecule has 0 aliphatic carbocycles. The predicted molar refractivity (Wildman–Crippen MR) is 69.7 cm³/mol. The number of ether oxygens (including phenoxy) is 1. The molecule has 0 aliphatic heterocycles. The zero-order valence-electron chi connectivity index (χ0n) is 10.7. The van der Waals surface area contributed by atoms with E-state index in [1.807, 2.05) is 14.1 Å². The van der Waals surface area contributed by atoms with E-state index in [0.717, 1.165) is 31.4 Å². The van der Waals surface area contributed by atoms with Crippen molar-refractivity contribution in [3.05, 3.63) is 17.0 Å². The molecular weight excluding hydrogens is 238 g/mol. The summed E-state index contributed by atoms with van der Waals surface area (Å²) in [5.74, 6) is 0.630. The Hall–Kier alpha value is -0.870. The Kier molecular flexibility index (Phi) is 6.22. The van der Waals surface area contributed by atoms with Crippen molar-refractivity contribution in [2.45, 2.75) is 26.2 Å². The van der Waals surface area contributed by atoms with E-state index in [-0.39, 0.29) is 0 Å². The van der Waals surface area contributed by atoms with E-state index in [0.29, 0.717) is 17.6 Å². The quantitative estimate of drug-likeness (QED) is 0.555. The molecule has 0 aliphatic rings. The second-order valence-corrected chi connectivity index (χ2v) is 4.56. The molecule has 0 bridgehead atoms. The van der Waals surface area contributed by atoms with Gasteiger partial charge in [-0.1, -0.05) is 24.9 Å². The smallest absolute Gasteiger partial charge is 0.221 e. The summed E-state index contributed by atoms with van der Waals surface area (Å²) in [6, 6.07) is 0. The monoisotopic (exact) mass is 257 g/mol. The topological polar surface area (TPSA) is 38.3 Å². The minimum absolute atomic E-state index is 0.504. The molecule has 0 fully saturated rings. The molecule has 1 aromatic heterocycles. The SMILES string of the molecule is CCCc1c(Cl)ncnc1OCCCN(C)C. The van der Waals surface area contributed by atoms with Crippen LogP contribution in [0.2, 0.25) is 5.15 Å². The van der Waals surface area contributed by atoms with Gasteiger partial charge in [-0.05, 0) is 26.9 Å². The molecule has 0 saturated heterocycles. The van der Waals surface area contributed by atoms with Crippen molar-refractivity contribution >= 4 is 11.6 Å². The minimum atomic E-state index is 0.504. The van der Waals surface area contributed by atoms with E-state index in [1.54, 1.807) is 0 Å². The van der Waals surface area contributed by atoms with Gasteiger partial charge in [0.05, 0.1) is 12.2 Å². The summed E-state index contributed by atoms with van der Waals surface area (Å²) in [4.78, 5) is 10.3. The Bertz CT molecular complexity index is 345. The van der Waals surface area contributed by atoms with Crippen molar-refractivity contribution in [1.82, 2.24) is 14.9 Å². The average molecular weight is 258 g/mol. The van der Waals surface area contributed by atoms with Gasteiger partial charge in [0.1, 0.15) is 11.5 Å². The highest BCUT2D eigenvalue weighted by Crippen LogP contribution is 2.23. The standard InChI is InChI=1S/C12H20ClN3O/c1-4-6-10-11(13)14-9-15-12(10)17-8-5-7-16(2)3/h9H,4-8H2,1-3H3. The number of halogens is 1. The van der Waals surface area contributed by atoms with Crippen LogP contribution in [0.5, 0.6) is 5.88 Å². The molecule has 5 heteroatoms. The Morgan fingerprint density at radius 3 is 2.76 bits per heavy atom. The van der Waals surface area contributed by atoms with Crippen LogP contribution in [0, 0.1) is 0 Å². The number of rotatable bonds is 7. The van der Waals surface area contributed by atoms with E-state index in [4.69, 9.17) is 16.3 Å². The molecule has 96 valence electrons. The molecule has 0 spiro atoms. The largest absolute Gasteiger partial charge is 0.477 e. The fourth-order valence-corrected chi connectivity index (χ4v) is 1.73. The third-order valence-corrected chi connectivity index (χ3v) is 2.67. The maximum atomic E-state index is 6.03. The molecule has 17 heavy (non-hydrogen) atoms. The highest BCUT2D eigenvalue weighted by Gasteiger charge is 2.09. The highest BCUT2D eigenvalue weighted by atomic mass is 35.5. The Balaban J connectivity index is 2.54. The first-order chi connectivity index (χ1) is 8.15. The van der Waals surface area contributed by atoms with Gasteiger partial charge < -0.3 is 9.64 Å². The summed E-state index contributed by atoms with van der Waals surface area (Å²) in [6.45, 7) is 3.75. The van der Waals surface area contributed by atoms with E-state index in [9.17, 15) is 0 Å². The lowest BCUT2D eigenvalue weighted by atomic mass is 10.2. The third-order valence-electron chi connectivity index (χ3n) is 2.34. The van der Waals surface area contributed by atoms with Crippen molar-refractivity contribution in [3.63, 3.8) is 0 Å². The van der Waals surface area contributed by atoms with Crippen LogP contribution in [0.15, 0.2) is 6.33 Å². The molecule has 0 saturated carbocycles. The van der Waals surface area contributed by atoms with Crippen LogP contribution >= 0.6 is 11.6 Å². The maximum Gasteiger partial charge on any atom is 0.221 e. The first kappa shape index (κ1) is 14.2. The van der Waals surface area contributed by atoms with Gasteiger partial charge in [0.25, 0.3) is 0 Å². The summed E-state index contributed by atoms with van der Waals surface area (Å²) < 4.78 is 5.66. The second-order valence-electron chi connectivity index (χ2n) is 4.20. The molecule has 1 rings (SSSR count). The third kappa shape index (κ3) is 4.88. The van der Waals surface area contributed by atoms with Gasteiger partial charge in [-0.15, -0.1) is 0 Å². The lowest BCUT2D eigenvalue weighted by Crippen LogP contribution is -2.16. The van der Waals surface area contributed by atoms with Gasteiger partial charge in [0, 0.05) is 6.54 Å². The molecule has 1 heterocycles. The van der Waals surface area contributed by atoms with Crippen LogP contribution in [-0.4, -0.2) is 42.1 Å². The number of nitrogens with zero attached hydrogens (tertiary/aromatic N) is 3. The van der Waals surface area contributed by atoms with Gasteiger partial charge >= 0.3 is 0 Å². The van der Waals surface area contributed by atoms with Gasteiger partial charge in [0.2, 0.25) is 5.88 Å². The van der Waals surface area contributed by atoms with Gasteiger partial charge in [-0.25, -0.2) is 9.97 Å². The van der Waals surface area contributed by atoms with Crippen molar-refractivity contribution in [2.75, 3.05) is 27.2 Å². The average Bonchev–Trinajstić information content (AvgIpc) is 2.28. The van der Waals surface area contributed by atoms with Crippen molar-refractivity contribution in [3.8, 4) is 5.88 Å². The molecular formula is C12H20ClN3O. The predicted octanol–water partition coefficient (Wildman–Crippen LogP) is 2.41. The molecule has 0 atom stereocenters. The molecule has 0 amide bonds. The van der Waals surface area contributed by atoms with Crippen LogP contribution in [0.4, 0.5) is 0 Å². The molecule has 0 unspecified atom stereocenters. The van der Waals surface area contributed by atoms with Crippen molar-refractivity contribution in [2.24, 2.45) is 0 Å². The lowest BCUT2D eigenvalue weighted by Gasteiger charge is -2.12. The second kappa shape index (κ2) is 7.45. The lowest BCUT2D eigenvalue weighted by molar-refractivity contribution is 0.270. The number of hydrogen-bond acceptors (Lipinski definition) is 4. The Labute approximate surface area is 108 Å². The van der Waals surface area contributed by atoms with E-state index >= 15 is 0 Å². The maximum absolute atomic E-state index is 6.03. The molecule has 0 N–H and O–H groups in total.